The number of carbonyl (C=O) groups is 3. The Morgan fingerprint density at radius 1 is 1.00 bits per heavy atom. The van der Waals surface area contributed by atoms with Gasteiger partial charge in [-0.25, -0.2) is 18.3 Å². The Balaban J connectivity index is 1.21. The van der Waals surface area contributed by atoms with Crippen molar-refractivity contribution >= 4 is 78.5 Å². The summed E-state index contributed by atoms with van der Waals surface area (Å²) in [6.45, 7) is 4.48. The van der Waals surface area contributed by atoms with E-state index in [0.717, 1.165) is 10.0 Å². The van der Waals surface area contributed by atoms with Crippen molar-refractivity contribution in [1.82, 2.24) is 29.0 Å². The zero-order chi connectivity index (χ0) is 34.2. The Morgan fingerprint density at radius 2 is 1.65 bits per heavy atom. The summed E-state index contributed by atoms with van der Waals surface area (Å²) in [5, 5.41) is 3.14. The summed E-state index contributed by atoms with van der Waals surface area (Å²) in [6, 6.07) is 12.1. The number of aromatic nitrogens is 2. The number of hydrogen-bond acceptors (Lipinski definition) is 8. The van der Waals surface area contributed by atoms with Gasteiger partial charge in [-0.3, -0.25) is 23.9 Å². The smallest absolute Gasteiger partial charge is 0.260 e. The molecule has 0 spiro atoms. The first-order valence-corrected chi connectivity index (χ1v) is 18.3. The number of anilines is 2. The number of ether oxygens (including phenoxy) is 1. The minimum atomic E-state index is -4.18. The minimum Gasteiger partial charge on any atom is -0.379 e. The van der Waals surface area contributed by atoms with E-state index in [1.807, 2.05) is 29.2 Å². The predicted octanol–water partition coefficient (Wildman–Crippen LogP) is 2.87. The molecule has 1 aromatic heterocycles. The quantitative estimate of drug-likeness (QED) is 0.350. The average molecular weight is 784 g/mol. The van der Waals surface area contributed by atoms with Gasteiger partial charge in [0.05, 0.1) is 38.2 Å². The number of nitrogens with one attached hydrogen (secondary N) is 1. The van der Waals surface area contributed by atoms with Crippen LogP contribution in [0.25, 0.3) is 0 Å². The van der Waals surface area contributed by atoms with Crippen molar-refractivity contribution in [1.29, 1.82) is 0 Å². The zero-order valence-electron chi connectivity index (χ0n) is 26.1. The fourth-order valence-electron chi connectivity index (χ4n) is 6.23. The number of halogens is 3. The van der Waals surface area contributed by atoms with Crippen LogP contribution >= 0.6 is 39.1 Å². The largest absolute Gasteiger partial charge is 0.379 e. The van der Waals surface area contributed by atoms with Crippen LogP contribution in [-0.4, -0.2) is 115 Å². The lowest BCUT2D eigenvalue weighted by Crippen LogP contribution is -2.53. The summed E-state index contributed by atoms with van der Waals surface area (Å²) in [5.74, 6) is -0.820. The van der Waals surface area contributed by atoms with Gasteiger partial charge in [-0.1, -0.05) is 51.3 Å². The fourth-order valence-corrected chi connectivity index (χ4v) is 8.62. The normalized spacial score (nSPS) is 20.6. The van der Waals surface area contributed by atoms with Crippen LogP contribution in [0.2, 0.25) is 10.0 Å². The molecule has 0 bridgehead atoms. The van der Waals surface area contributed by atoms with Gasteiger partial charge < -0.3 is 15.0 Å². The first-order chi connectivity index (χ1) is 22.9. The van der Waals surface area contributed by atoms with Crippen LogP contribution in [0.15, 0.2) is 58.2 Å². The molecule has 48 heavy (non-hydrogen) atoms. The Morgan fingerprint density at radius 3 is 2.29 bits per heavy atom. The van der Waals surface area contributed by atoms with Crippen molar-refractivity contribution in [2.24, 2.45) is 0 Å². The summed E-state index contributed by atoms with van der Waals surface area (Å²) in [4.78, 5) is 48.9. The Hall–Kier alpha value is -3.05. The molecule has 17 heteroatoms. The van der Waals surface area contributed by atoms with E-state index in [-0.39, 0.29) is 68.5 Å². The summed E-state index contributed by atoms with van der Waals surface area (Å²) in [7, 11) is -4.18. The van der Waals surface area contributed by atoms with Crippen LogP contribution in [0, 0.1) is 0 Å². The number of imidazole rings is 1. The lowest BCUT2D eigenvalue weighted by Gasteiger charge is -2.35. The second-order valence-corrected chi connectivity index (χ2v) is 15.7. The molecule has 3 aliphatic heterocycles. The summed E-state index contributed by atoms with van der Waals surface area (Å²) in [6.07, 6.45) is 1.44. The molecule has 1 unspecified atom stereocenters. The molecule has 3 amide bonds. The molecule has 256 valence electrons. The highest BCUT2D eigenvalue weighted by atomic mass is 79.9. The van der Waals surface area contributed by atoms with E-state index in [4.69, 9.17) is 27.9 Å². The maximum atomic E-state index is 14.3. The highest BCUT2D eigenvalue weighted by Crippen LogP contribution is 2.45. The van der Waals surface area contributed by atoms with Crippen LogP contribution in [0.1, 0.15) is 12.5 Å². The molecular weight excluding hydrogens is 749 g/mol. The number of sulfonamides is 1. The first kappa shape index (κ1) is 34.8. The molecule has 2 saturated heterocycles. The monoisotopic (exact) mass is 781 g/mol. The lowest BCUT2D eigenvalue weighted by atomic mass is 9.92. The SMILES string of the molecule is CC1(Cc2ccc(Br)cc2)C(=O)N(c2cc(Cl)cc(Cl)c2)c2ncc(S(=O)(=O)N3CCN(C(=O)CNC(=O)CN4CCOCC4)CC3)n21. The van der Waals surface area contributed by atoms with Gasteiger partial charge in [0.15, 0.2) is 5.03 Å². The number of amides is 3. The molecule has 1 N–H and O–H groups in total. The summed E-state index contributed by atoms with van der Waals surface area (Å²) < 4.78 is 37.4. The number of nitrogens with zero attached hydrogens (tertiary/aromatic N) is 6. The molecule has 1 atom stereocenters. The van der Waals surface area contributed by atoms with Gasteiger partial charge in [0.2, 0.25) is 17.8 Å². The molecule has 3 aliphatic rings. The van der Waals surface area contributed by atoms with Crippen LogP contribution in [0.5, 0.6) is 0 Å². The van der Waals surface area contributed by atoms with Crippen molar-refractivity contribution < 1.29 is 27.5 Å². The highest BCUT2D eigenvalue weighted by Gasteiger charge is 2.52. The molecule has 2 aromatic carbocycles. The van der Waals surface area contributed by atoms with Gasteiger partial charge in [-0.2, -0.15) is 4.31 Å². The molecular formula is C31H34BrCl2N7O6S. The lowest BCUT2D eigenvalue weighted by molar-refractivity contribution is -0.134. The van der Waals surface area contributed by atoms with E-state index in [0.29, 0.717) is 42.0 Å². The number of piperazine rings is 1. The van der Waals surface area contributed by atoms with Crippen LogP contribution in [0.3, 0.4) is 0 Å². The number of carbonyl (C=O) groups excluding carboxylic acids is 3. The molecule has 0 radical (unpaired) electrons. The third-order valence-corrected chi connectivity index (χ3v) is 11.6. The van der Waals surface area contributed by atoms with Gasteiger partial charge in [-0.05, 0) is 42.8 Å². The van der Waals surface area contributed by atoms with Crippen molar-refractivity contribution in [3.05, 3.63) is 68.7 Å². The molecule has 3 aromatic rings. The van der Waals surface area contributed by atoms with Gasteiger partial charge >= 0.3 is 0 Å². The van der Waals surface area contributed by atoms with Gasteiger partial charge in [0, 0.05) is 60.2 Å². The van der Waals surface area contributed by atoms with Crippen molar-refractivity contribution in [3.8, 4) is 0 Å². The van der Waals surface area contributed by atoms with E-state index in [2.05, 4.69) is 26.2 Å². The Kier molecular flexibility index (Phi) is 10.2. The fraction of sp³-hybridized carbons (Fsp3) is 0.419. The molecule has 13 nitrogen and oxygen atoms in total. The van der Waals surface area contributed by atoms with E-state index >= 15 is 0 Å². The molecule has 6 rings (SSSR count). The van der Waals surface area contributed by atoms with Crippen molar-refractivity contribution in [3.63, 3.8) is 0 Å². The molecule has 0 aliphatic carbocycles. The number of hydrogen-bond donors (Lipinski definition) is 1. The maximum Gasteiger partial charge on any atom is 0.260 e. The van der Waals surface area contributed by atoms with E-state index in [9.17, 15) is 22.8 Å². The van der Waals surface area contributed by atoms with Gasteiger partial charge in [0.25, 0.3) is 15.9 Å². The minimum absolute atomic E-state index is 0.0291. The van der Waals surface area contributed by atoms with Crippen LogP contribution in [0.4, 0.5) is 11.6 Å². The number of rotatable bonds is 9. The van der Waals surface area contributed by atoms with Crippen LogP contribution in [-0.2, 0) is 41.1 Å². The average Bonchev–Trinajstić information content (AvgIpc) is 3.59. The number of benzene rings is 2. The Labute approximate surface area is 296 Å². The predicted molar refractivity (Wildman–Crippen MR) is 183 cm³/mol. The van der Waals surface area contributed by atoms with Crippen molar-refractivity contribution in [2.75, 3.05) is 70.5 Å². The number of fused-ring (bicyclic) bond motifs is 1. The van der Waals surface area contributed by atoms with Crippen LogP contribution < -0.4 is 10.2 Å². The van der Waals surface area contributed by atoms with E-state index in [1.165, 1.54) is 24.9 Å². The van der Waals surface area contributed by atoms with E-state index in [1.54, 1.807) is 25.1 Å². The maximum absolute atomic E-state index is 14.3. The third kappa shape index (κ3) is 6.99. The summed E-state index contributed by atoms with van der Waals surface area (Å²) >= 11 is 16.0. The van der Waals surface area contributed by atoms with Crippen molar-refractivity contribution in [2.45, 2.75) is 23.9 Å². The zero-order valence-corrected chi connectivity index (χ0v) is 30.0. The van der Waals surface area contributed by atoms with E-state index < -0.39 is 21.5 Å². The second kappa shape index (κ2) is 14.1. The molecule has 2 fully saturated rings. The summed E-state index contributed by atoms with van der Waals surface area (Å²) in [5.41, 5.74) is -0.210. The topological polar surface area (TPSA) is 137 Å². The first-order valence-electron chi connectivity index (χ1n) is 15.3. The standard InChI is InChI=1S/C31H34BrCl2N7O6S/c1-31(17-21-2-4-22(32)5-3-21)29(44)40(25-15-23(33)14-24(34)16-25)30-36-19-28(41(30)31)48(45,46)39-8-6-38(7-9-39)27(43)18-35-26(42)20-37-10-12-47-13-11-37/h2-5,14-16,19H,6-13,17-18,20H2,1H3,(H,35,42). The third-order valence-electron chi connectivity index (χ3n) is 8.74. The van der Waals surface area contributed by atoms with Gasteiger partial charge in [0.1, 0.15) is 5.54 Å². The molecule has 4 heterocycles. The molecule has 0 saturated carbocycles. The highest BCUT2D eigenvalue weighted by molar-refractivity contribution is 9.10. The second-order valence-electron chi connectivity index (χ2n) is 12.0. The Bertz CT molecular complexity index is 1810. The number of morpholine rings is 1. The van der Waals surface area contributed by atoms with Gasteiger partial charge in [-0.15, -0.1) is 0 Å².